The van der Waals surface area contributed by atoms with Gasteiger partial charge in [0.15, 0.2) is 0 Å². The minimum atomic E-state index is -0.279. The van der Waals surface area contributed by atoms with Gasteiger partial charge in [0.25, 0.3) is 5.56 Å². The third kappa shape index (κ3) is 5.28. The van der Waals surface area contributed by atoms with Crippen molar-refractivity contribution in [2.45, 2.75) is 20.0 Å². The number of ether oxygens (including phenoxy) is 1. The lowest BCUT2D eigenvalue weighted by molar-refractivity contribution is 0.298. The van der Waals surface area contributed by atoms with E-state index in [4.69, 9.17) is 9.84 Å². The van der Waals surface area contributed by atoms with Crippen LogP contribution >= 0.6 is 0 Å². The summed E-state index contributed by atoms with van der Waals surface area (Å²) in [6.45, 7) is 2.14. The molecule has 0 unspecified atom stereocenters. The standard InChI is InChI=1S/C21H22N4O3/c1-15-19(11-12-26)20(27)24-21(23-15)25-22-13-16-7-9-18(10-8-16)28-14-17-5-3-2-4-6-17/h2-10,13,26H,11-12,14H2,1H3,(H2,23,24,25,27)/b22-13-. The molecule has 3 aromatic rings. The Bertz CT molecular complexity index is 983. The van der Waals surface area contributed by atoms with E-state index in [-0.39, 0.29) is 24.5 Å². The predicted molar refractivity (Wildman–Crippen MR) is 109 cm³/mol. The first-order chi connectivity index (χ1) is 13.7. The molecule has 28 heavy (non-hydrogen) atoms. The van der Waals surface area contributed by atoms with Crippen molar-refractivity contribution in [2.75, 3.05) is 12.0 Å². The zero-order valence-corrected chi connectivity index (χ0v) is 15.6. The van der Waals surface area contributed by atoms with Crippen LogP contribution in [0.5, 0.6) is 5.75 Å². The molecule has 0 radical (unpaired) electrons. The van der Waals surface area contributed by atoms with Crippen LogP contribution in [-0.4, -0.2) is 27.9 Å². The summed E-state index contributed by atoms with van der Waals surface area (Å²) in [6, 6.07) is 17.5. The van der Waals surface area contributed by atoms with E-state index in [2.05, 4.69) is 20.5 Å². The van der Waals surface area contributed by atoms with E-state index < -0.39 is 0 Å². The van der Waals surface area contributed by atoms with Gasteiger partial charge in [-0.1, -0.05) is 30.3 Å². The van der Waals surface area contributed by atoms with Gasteiger partial charge in [-0.3, -0.25) is 9.78 Å². The van der Waals surface area contributed by atoms with E-state index in [0.717, 1.165) is 16.9 Å². The van der Waals surface area contributed by atoms with Crippen molar-refractivity contribution in [3.63, 3.8) is 0 Å². The minimum absolute atomic E-state index is 0.0956. The Balaban J connectivity index is 1.57. The van der Waals surface area contributed by atoms with E-state index >= 15 is 0 Å². The number of hydrogen-bond acceptors (Lipinski definition) is 6. The monoisotopic (exact) mass is 378 g/mol. The number of rotatable bonds is 8. The van der Waals surface area contributed by atoms with Gasteiger partial charge in [0.1, 0.15) is 12.4 Å². The van der Waals surface area contributed by atoms with Crippen molar-refractivity contribution in [3.05, 3.63) is 87.3 Å². The number of aromatic nitrogens is 2. The molecule has 2 aromatic carbocycles. The van der Waals surface area contributed by atoms with Crippen molar-refractivity contribution in [1.82, 2.24) is 9.97 Å². The van der Waals surface area contributed by atoms with E-state index in [1.807, 2.05) is 54.6 Å². The van der Waals surface area contributed by atoms with Gasteiger partial charge in [-0.15, -0.1) is 0 Å². The molecule has 7 nitrogen and oxygen atoms in total. The molecule has 0 fully saturated rings. The largest absolute Gasteiger partial charge is 0.489 e. The van der Waals surface area contributed by atoms with Crippen LogP contribution in [0.2, 0.25) is 0 Å². The molecule has 0 aliphatic heterocycles. The number of nitrogens with zero attached hydrogens (tertiary/aromatic N) is 2. The maximum atomic E-state index is 12.0. The zero-order valence-electron chi connectivity index (χ0n) is 15.6. The summed E-state index contributed by atoms with van der Waals surface area (Å²) in [4.78, 5) is 18.8. The Kier molecular flexibility index (Phi) is 6.54. The molecule has 144 valence electrons. The van der Waals surface area contributed by atoms with Crippen LogP contribution in [0.25, 0.3) is 0 Å². The molecule has 3 rings (SSSR count). The summed E-state index contributed by atoms with van der Waals surface area (Å²) >= 11 is 0. The number of aryl methyl sites for hydroxylation is 1. The number of aromatic amines is 1. The number of hydrazone groups is 1. The van der Waals surface area contributed by atoms with Crippen LogP contribution in [0, 0.1) is 6.92 Å². The van der Waals surface area contributed by atoms with E-state index in [9.17, 15) is 4.79 Å². The molecule has 1 aromatic heterocycles. The third-order valence-electron chi connectivity index (χ3n) is 4.10. The summed E-state index contributed by atoms with van der Waals surface area (Å²) < 4.78 is 5.75. The van der Waals surface area contributed by atoms with Crippen molar-refractivity contribution < 1.29 is 9.84 Å². The highest BCUT2D eigenvalue weighted by molar-refractivity contribution is 5.80. The van der Waals surface area contributed by atoms with Crippen LogP contribution < -0.4 is 15.7 Å². The van der Waals surface area contributed by atoms with Crippen molar-refractivity contribution in [2.24, 2.45) is 5.10 Å². The second kappa shape index (κ2) is 9.48. The molecule has 0 bridgehead atoms. The normalized spacial score (nSPS) is 10.9. The van der Waals surface area contributed by atoms with Gasteiger partial charge in [0.05, 0.1) is 11.9 Å². The molecule has 3 N–H and O–H groups in total. The average Bonchev–Trinajstić information content (AvgIpc) is 2.71. The van der Waals surface area contributed by atoms with Gasteiger partial charge in [-0.05, 0) is 42.3 Å². The highest BCUT2D eigenvalue weighted by Gasteiger charge is 2.06. The highest BCUT2D eigenvalue weighted by atomic mass is 16.5. The molecule has 1 heterocycles. The van der Waals surface area contributed by atoms with Gasteiger partial charge >= 0.3 is 0 Å². The van der Waals surface area contributed by atoms with Gasteiger partial charge in [-0.25, -0.2) is 10.4 Å². The topological polar surface area (TPSA) is 99.6 Å². The van der Waals surface area contributed by atoms with Gasteiger partial charge in [-0.2, -0.15) is 5.10 Å². The maximum absolute atomic E-state index is 12.0. The fraction of sp³-hybridized carbons (Fsp3) is 0.190. The molecule has 7 heteroatoms. The van der Waals surface area contributed by atoms with Gasteiger partial charge in [0, 0.05) is 18.6 Å². The van der Waals surface area contributed by atoms with E-state index in [1.165, 1.54) is 0 Å². The summed E-state index contributed by atoms with van der Waals surface area (Å²) in [6.07, 6.45) is 1.90. The van der Waals surface area contributed by atoms with Crippen LogP contribution in [0.1, 0.15) is 22.4 Å². The summed E-state index contributed by atoms with van der Waals surface area (Å²) in [5.74, 6) is 1.03. The third-order valence-corrected chi connectivity index (χ3v) is 4.10. The van der Waals surface area contributed by atoms with E-state index in [1.54, 1.807) is 13.1 Å². The molecular weight excluding hydrogens is 356 g/mol. The quantitative estimate of drug-likeness (QED) is 0.413. The number of anilines is 1. The number of nitrogens with one attached hydrogen (secondary N) is 2. The summed E-state index contributed by atoms with van der Waals surface area (Å²) in [5.41, 5.74) is 5.46. The Hall–Kier alpha value is -3.45. The second-order valence-electron chi connectivity index (χ2n) is 6.17. The highest BCUT2D eigenvalue weighted by Crippen LogP contribution is 2.13. The number of aliphatic hydroxyl groups excluding tert-OH is 1. The lowest BCUT2D eigenvalue weighted by atomic mass is 10.2. The number of H-pyrrole nitrogens is 1. The Morgan fingerprint density at radius 3 is 2.61 bits per heavy atom. The summed E-state index contributed by atoms with van der Waals surface area (Å²) in [7, 11) is 0. The number of hydrogen-bond donors (Lipinski definition) is 3. The van der Waals surface area contributed by atoms with Gasteiger partial charge < -0.3 is 9.84 Å². The summed E-state index contributed by atoms with van der Waals surface area (Å²) in [5, 5.41) is 13.1. The lowest BCUT2D eigenvalue weighted by Crippen LogP contribution is -2.19. The maximum Gasteiger partial charge on any atom is 0.255 e. The van der Waals surface area contributed by atoms with Gasteiger partial charge in [0.2, 0.25) is 5.95 Å². The first-order valence-corrected chi connectivity index (χ1v) is 8.92. The predicted octanol–water partition coefficient (Wildman–Crippen LogP) is 2.64. The van der Waals surface area contributed by atoms with Crippen LogP contribution in [0.15, 0.2) is 64.5 Å². The Labute approximate surface area is 162 Å². The molecular formula is C21H22N4O3. The fourth-order valence-electron chi connectivity index (χ4n) is 2.63. The van der Waals surface area contributed by atoms with Crippen LogP contribution in [-0.2, 0) is 13.0 Å². The van der Waals surface area contributed by atoms with Crippen molar-refractivity contribution >= 4 is 12.2 Å². The first kappa shape index (κ1) is 19.3. The Morgan fingerprint density at radius 2 is 1.93 bits per heavy atom. The van der Waals surface area contributed by atoms with Crippen molar-refractivity contribution in [1.29, 1.82) is 0 Å². The molecule has 0 saturated carbocycles. The fourth-order valence-corrected chi connectivity index (χ4v) is 2.63. The number of aliphatic hydroxyl groups is 1. The molecule has 0 aliphatic rings. The molecule has 0 spiro atoms. The Morgan fingerprint density at radius 1 is 1.18 bits per heavy atom. The lowest BCUT2D eigenvalue weighted by Gasteiger charge is -2.06. The SMILES string of the molecule is Cc1nc(N/N=C\c2ccc(OCc3ccccc3)cc2)[nH]c(=O)c1CCO. The van der Waals surface area contributed by atoms with E-state index in [0.29, 0.717) is 17.9 Å². The second-order valence-corrected chi connectivity index (χ2v) is 6.17. The van der Waals surface area contributed by atoms with Crippen LogP contribution in [0.4, 0.5) is 5.95 Å². The minimum Gasteiger partial charge on any atom is -0.489 e. The molecule has 0 aliphatic carbocycles. The molecule has 0 saturated heterocycles. The van der Waals surface area contributed by atoms with Crippen molar-refractivity contribution in [3.8, 4) is 5.75 Å². The average molecular weight is 378 g/mol. The number of benzene rings is 2. The molecule has 0 atom stereocenters. The molecule has 0 amide bonds. The zero-order chi connectivity index (χ0) is 19.8. The van der Waals surface area contributed by atoms with Crippen LogP contribution in [0.3, 0.4) is 0 Å². The first-order valence-electron chi connectivity index (χ1n) is 8.92. The smallest absolute Gasteiger partial charge is 0.255 e.